The molecule has 0 radical (unpaired) electrons. The third kappa shape index (κ3) is 5.24. The Morgan fingerprint density at radius 2 is 2.27 bits per heavy atom. The molecule has 1 aromatic rings. The number of benzene rings is 1. The maximum Gasteiger partial charge on any atom is 0.0997 e. The molecule has 1 aromatic carbocycles. The van der Waals surface area contributed by atoms with E-state index in [4.69, 9.17) is 11.6 Å². The van der Waals surface area contributed by atoms with Gasteiger partial charge in [0.15, 0.2) is 0 Å². The lowest BCUT2D eigenvalue weighted by Crippen LogP contribution is -1.82. The number of hydrogen-bond acceptors (Lipinski definition) is 1. The first kappa shape index (κ1) is 11.8. The van der Waals surface area contributed by atoms with Crippen molar-refractivity contribution in [2.45, 2.75) is 19.8 Å². The standard InChI is InChI=1S/C13H14ClN/c1-2-3-4-5-9-15-11-12-7-6-8-13(14)10-12/h6-8,10-11H,2-3,9H2,1H3/b15-11+. The molecule has 0 bridgehead atoms. The predicted octanol–water partition coefficient (Wildman–Crippen LogP) is 3.56. The Morgan fingerprint density at radius 3 is 3.00 bits per heavy atom. The van der Waals surface area contributed by atoms with Crippen molar-refractivity contribution in [3.63, 3.8) is 0 Å². The van der Waals surface area contributed by atoms with E-state index < -0.39 is 0 Å². The molecule has 1 rings (SSSR count). The van der Waals surface area contributed by atoms with Crippen molar-refractivity contribution in [2.75, 3.05) is 6.54 Å². The number of aliphatic imine (C=N–C) groups is 1. The van der Waals surface area contributed by atoms with Crippen LogP contribution in [0.3, 0.4) is 0 Å². The van der Waals surface area contributed by atoms with E-state index in [-0.39, 0.29) is 0 Å². The highest BCUT2D eigenvalue weighted by atomic mass is 35.5. The predicted molar refractivity (Wildman–Crippen MR) is 66.6 cm³/mol. The molecule has 0 unspecified atom stereocenters. The summed E-state index contributed by atoms with van der Waals surface area (Å²) in [7, 11) is 0. The zero-order valence-electron chi connectivity index (χ0n) is 8.83. The first-order valence-electron chi connectivity index (χ1n) is 5.04. The van der Waals surface area contributed by atoms with Crippen molar-refractivity contribution in [2.24, 2.45) is 4.99 Å². The van der Waals surface area contributed by atoms with Crippen molar-refractivity contribution in [3.8, 4) is 11.8 Å². The molecular weight excluding hydrogens is 206 g/mol. The lowest BCUT2D eigenvalue weighted by molar-refractivity contribution is 0.982. The van der Waals surface area contributed by atoms with Crippen LogP contribution in [0.5, 0.6) is 0 Å². The molecule has 0 heterocycles. The van der Waals surface area contributed by atoms with Gasteiger partial charge in [0.25, 0.3) is 0 Å². The fraction of sp³-hybridized carbons (Fsp3) is 0.308. The van der Waals surface area contributed by atoms with Gasteiger partial charge in [-0.3, -0.25) is 4.99 Å². The van der Waals surface area contributed by atoms with Crippen LogP contribution < -0.4 is 0 Å². The van der Waals surface area contributed by atoms with Crippen LogP contribution >= 0.6 is 11.6 Å². The van der Waals surface area contributed by atoms with Crippen LogP contribution in [0.25, 0.3) is 0 Å². The molecule has 0 aliphatic carbocycles. The molecule has 2 heteroatoms. The van der Waals surface area contributed by atoms with E-state index in [1.807, 2.05) is 24.3 Å². The first-order chi connectivity index (χ1) is 7.33. The maximum absolute atomic E-state index is 5.84. The largest absolute Gasteiger partial charge is 0.280 e. The Labute approximate surface area is 96.2 Å². The molecule has 0 aliphatic heterocycles. The zero-order chi connectivity index (χ0) is 10.9. The molecule has 78 valence electrons. The van der Waals surface area contributed by atoms with E-state index >= 15 is 0 Å². The van der Waals surface area contributed by atoms with E-state index in [1.54, 1.807) is 6.21 Å². The van der Waals surface area contributed by atoms with Crippen molar-refractivity contribution >= 4 is 17.8 Å². The summed E-state index contributed by atoms with van der Waals surface area (Å²) < 4.78 is 0. The van der Waals surface area contributed by atoms with Crippen LogP contribution in [0.15, 0.2) is 29.3 Å². The topological polar surface area (TPSA) is 12.4 Å². The lowest BCUT2D eigenvalue weighted by atomic mass is 10.2. The Balaban J connectivity index is 2.42. The normalized spacial score (nSPS) is 10.0. The second-order valence-corrected chi connectivity index (χ2v) is 3.56. The molecule has 0 fully saturated rings. The van der Waals surface area contributed by atoms with Gasteiger partial charge < -0.3 is 0 Å². The maximum atomic E-state index is 5.84. The second kappa shape index (κ2) is 7.09. The quantitative estimate of drug-likeness (QED) is 0.545. The third-order valence-electron chi connectivity index (χ3n) is 1.76. The molecule has 0 atom stereocenters. The number of rotatable bonds is 3. The number of nitrogens with zero attached hydrogens (tertiary/aromatic N) is 1. The van der Waals surface area contributed by atoms with Crippen LogP contribution in [-0.2, 0) is 0 Å². The molecule has 0 spiro atoms. The summed E-state index contributed by atoms with van der Waals surface area (Å²) in [5.74, 6) is 6.03. The highest BCUT2D eigenvalue weighted by molar-refractivity contribution is 6.30. The summed E-state index contributed by atoms with van der Waals surface area (Å²) in [6.07, 6.45) is 3.85. The van der Waals surface area contributed by atoms with Gasteiger partial charge in [-0.05, 0) is 24.1 Å². The SMILES string of the molecule is CCCC#CC/N=C/c1cccc(Cl)c1. The summed E-state index contributed by atoms with van der Waals surface area (Å²) >= 11 is 5.84. The van der Waals surface area contributed by atoms with Gasteiger partial charge in [-0.25, -0.2) is 0 Å². The molecule has 0 aliphatic rings. The van der Waals surface area contributed by atoms with Crippen LogP contribution in [0.4, 0.5) is 0 Å². The highest BCUT2D eigenvalue weighted by Gasteiger charge is 1.88. The fourth-order valence-corrected chi connectivity index (χ4v) is 1.25. The minimum atomic E-state index is 0.562. The van der Waals surface area contributed by atoms with Crippen LogP contribution in [0, 0.1) is 11.8 Å². The van der Waals surface area contributed by atoms with Gasteiger partial charge in [0.05, 0.1) is 6.54 Å². The highest BCUT2D eigenvalue weighted by Crippen LogP contribution is 2.08. The molecule has 0 saturated carbocycles. The van der Waals surface area contributed by atoms with Gasteiger partial charge in [-0.15, -0.1) is 5.92 Å². The minimum Gasteiger partial charge on any atom is -0.280 e. The van der Waals surface area contributed by atoms with E-state index in [9.17, 15) is 0 Å². The average Bonchev–Trinajstić information content (AvgIpc) is 2.23. The van der Waals surface area contributed by atoms with Crippen LogP contribution in [-0.4, -0.2) is 12.8 Å². The summed E-state index contributed by atoms with van der Waals surface area (Å²) in [6, 6.07) is 7.60. The van der Waals surface area contributed by atoms with Crippen LogP contribution in [0.2, 0.25) is 5.02 Å². The molecule has 0 saturated heterocycles. The van der Waals surface area contributed by atoms with E-state index in [0.717, 1.165) is 23.4 Å². The Kier molecular flexibility index (Phi) is 5.58. The molecule has 15 heavy (non-hydrogen) atoms. The van der Waals surface area contributed by atoms with Gasteiger partial charge in [-0.1, -0.05) is 36.6 Å². The summed E-state index contributed by atoms with van der Waals surface area (Å²) in [5.41, 5.74) is 1.01. The van der Waals surface area contributed by atoms with Crippen molar-refractivity contribution in [1.29, 1.82) is 0 Å². The van der Waals surface area contributed by atoms with Gasteiger partial charge in [0.1, 0.15) is 0 Å². The lowest BCUT2D eigenvalue weighted by Gasteiger charge is -1.92. The van der Waals surface area contributed by atoms with E-state index in [2.05, 4.69) is 23.8 Å². The van der Waals surface area contributed by atoms with E-state index in [1.165, 1.54) is 0 Å². The molecule has 0 aromatic heterocycles. The van der Waals surface area contributed by atoms with Gasteiger partial charge in [0.2, 0.25) is 0 Å². The first-order valence-corrected chi connectivity index (χ1v) is 5.42. The average molecular weight is 220 g/mol. The number of unbranched alkanes of at least 4 members (excludes halogenated alkanes) is 1. The molecule has 0 N–H and O–H groups in total. The smallest absolute Gasteiger partial charge is 0.0997 e. The van der Waals surface area contributed by atoms with Crippen molar-refractivity contribution in [1.82, 2.24) is 0 Å². The van der Waals surface area contributed by atoms with E-state index in [0.29, 0.717) is 6.54 Å². The summed E-state index contributed by atoms with van der Waals surface area (Å²) in [6.45, 7) is 2.68. The number of hydrogen-bond donors (Lipinski definition) is 0. The van der Waals surface area contributed by atoms with Gasteiger partial charge >= 0.3 is 0 Å². The Bertz CT molecular complexity index is 385. The fourth-order valence-electron chi connectivity index (χ4n) is 1.05. The molecule has 0 amide bonds. The zero-order valence-corrected chi connectivity index (χ0v) is 9.59. The Hall–Kier alpha value is -1.26. The minimum absolute atomic E-state index is 0.562. The third-order valence-corrected chi connectivity index (χ3v) is 1.99. The van der Waals surface area contributed by atoms with Gasteiger partial charge in [0, 0.05) is 17.7 Å². The van der Waals surface area contributed by atoms with Gasteiger partial charge in [-0.2, -0.15) is 0 Å². The van der Waals surface area contributed by atoms with Crippen molar-refractivity contribution in [3.05, 3.63) is 34.9 Å². The number of halogens is 1. The monoisotopic (exact) mass is 219 g/mol. The summed E-state index contributed by atoms with van der Waals surface area (Å²) in [5, 5.41) is 0.732. The van der Waals surface area contributed by atoms with Crippen molar-refractivity contribution < 1.29 is 0 Å². The second-order valence-electron chi connectivity index (χ2n) is 3.13. The molecule has 1 nitrogen and oxygen atoms in total. The summed E-state index contributed by atoms with van der Waals surface area (Å²) in [4.78, 5) is 4.20. The van der Waals surface area contributed by atoms with Crippen LogP contribution in [0.1, 0.15) is 25.3 Å². The molecular formula is C13H14ClN. The Morgan fingerprint density at radius 1 is 1.40 bits per heavy atom.